The van der Waals surface area contributed by atoms with Gasteiger partial charge in [-0.2, -0.15) is 0 Å². The van der Waals surface area contributed by atoms with Gasteiger partial charge in [-0.25, -0.2) is 4.79 Å². The Labute approximate surface area is 140 Å². The number of carboxylic acid groups (broad SMARTS) is 1. The molecule has 0 spiro atoms. The fourth-order valence-electron chi connectivity index (χ4n) is 2.68. The highest BCUT2D eigenvalue weighted by atomic mass is 35.5. The van der Waals surface area contributed by atoms with Crippen molar-refractivity contribution < 1.29 is 9.90 Å². The van der Waals surface area contributed by atoms with Crippen molar-refractivity contribution in [1.29, 1.82) is 0 Å². The highest BCUT2D eigenvalue weighted by Crippen LogP contribution is 2.42. The lowest BCUT2D eigenvalue weighted by Crippen LogP contribution is -2.22. The van der Waals surface area contributed by atoms with E-state index in [9.17, 15) is 4.79 Å². The molecular weight excluding hydrogens is 308 g/mol. The van der Waals surface area contributed by atoms with E-state index >= 15 is 0 Å². The Hall–Kier alpha value is -2.58. The van der Waals surface area contributed by atoms with E-state index in [4.69, 9.17) is 16.7 Å². The second-order valence-electron chi connectivity index (χ2n) is 5.27. The summed E-state index contributed by atoms with van der Waals surface area (Å²) >= 11 is 7.10. The summed E-state index contributed by atoms with van der Waals surface area (Å²) in [6.07, 6.45) is 0. The molecule has 0 aliphatic carbocycles. The van der Waals surface area contributed by atoms with Crippen molar-refractivity contribution >= 4 is 17.6 Å². The molecule has 3 aromatic carbocycles. The molecule has 0 atom stereocenters. The summed E-state index contributed by atoms with van der Waals surface area (Å²) < 4.78 is 0. The van der Waals surface area contributed by atoms with Gasteiger partial charge in [0.1, 0.15) is 4.87 Å². The minimum atomic E-state index is -0.948. The van der Waals surface area contributed by atoms with E-state index in [1.807, 2.05) is 60.7 Å². The Balaban J connectivity index is 2.18. The molecular formula is C20H15ClO2. The number of hydrogen-bond acceptors (Lipinski definition) is 1. The topological polar surface area (TPSA) is 37.3 Å². The van der Waals surface area contributed by atoms with Crippen LogP contribution in [0.15, 0.2) is 84.9 Å². The fourth-order valence-corrected chi connectivity index (χ4v) is 3.06. The minimum Gasteiger partial charge on any atom is -0.478 e. The first-order valence-corrected chi connectivity index (χ1v) is 7.64. The lowest BCUT2D eigenvalue weighted by Gasteiger charge is -2.29. The van der Waals surface area contributed by atoms with Crippen LogP contribution in [0.25, 0.3) is 0 Å². The summed E-state index contributed by atoms with van der Waals surface area (Å²) in [5.74, 6) is -0.948. The second-order valence-corrected chi connectivity index (χ2v) is 5.84. The van der Waals surface area contributed by atoms with E-state index in [0.717, 1.165) is 16.7 Å². The van der Waals surface area contributed by atoms with Gasteiger partial charge in [0.05, 0.1) is 5.56 Å². The smallest absolute Gasteiger partial charge is 0.335 e. The number of alkyl halides is 1. The second kappa shape index (κ2) is 6.27. The monoisotopic (exact) mass is 322 g/mol. The van der Waals surface area contributed by atoms with Gasteiger partial charge in [-0.05, 0) is 28.8 Å². The molecule has 0 saturated heterocycles. The molecule has 0 amide bonds. The predicted molar refractivity (Wildman–Crippen MR) is 92.0 cm³/mol. The van der Waals surface area contributed by atoms with Crippen LogP contribution in [0.2, 0.25) is 0 Å². The summed E-state index contributed by atoms with van der Waals surface area (Å²) in [6, 6.07) is 26.3. The molecule has 0 aliphatic rings. The van der Waals surface area contributed by atoms with Gasteiger partial charge in [0.15, 0.2) is 0 Å². The molecule has 114 valence electrons. The van der Waals surface area contributed by atoms with E-state index in [-0.39, 0.29) is 5.56 Å². The molecule has 0 bridgehead atoms. The highest BCUT2D eigenvalue weighted by molar-refractivity contribution is 6.28. The van der Waals surface area contributed by atoms with Crippen LogP contribution in [-0.4, -0.2) is 11.1 Å². The molecule has 0 saturated carbocycles. The van der Waals surface area contributed by atoms with Crippen LogP contribution in [0.4, 0.5) is 0 Å². The Morgan fingerprint density at radius 1 is 0.696 bits per heavy atom. The number of carbonyl (C=O) groups is 1. The van der Waals surface area contributed by atoms with E-state index < -0.39 is 10.8 Å². The number of benzene rings is 3. The summed E-state index contributed by atoms with van der Waals surface area (Å²) in [6.45, 7) is 0. The van der Waals surface area contributed by atoms with Crippen LogP contribution in [0.3, 0.4) is 0 Å². The maximum absolute atomic E-state index is 11.1. The van der Waals surface area contributed by atoms with Gasteiger partial charge in [-0.1, -0.05) is 72.8 Å². The number of halogens is 1. The third-order valence-electron chi connectivity index (χ3n) is 3.87. The van der Waals surface area contributed by atoms with Crippen molar-refractivity contribution in [2.24, 2.45) is 0 Å². The van der Waals surface area contributed by atoms with Crippen LogP contribution in [-0.2, 0) is 4.87 Å². The van der Waals surface area contributed by atoms with Crippen molar-refractivity contribution in [3.05, 3.63) is 107 Å². The van der Waals surface area contributed by atoms with E-state index in [1.54, 1.807) is 24.3 Å². The molecule has 3 heteroatoms. The molecule has 0 radical (unpaired) electrons. The van der Waals surface area contributed by atoms with E-state index in [1.165, 1.54) is 0 Å². The van der Waals surface area contributed by atoms with E-state index in [0.29, 0.717) is 0 Å². The Bertz CT molecular complexity index is 757. The average Bonchev–Trinajstić information content (AvgIpc) is 2.62. The van der Waals surface area contributed by atoms with Gasteiger partial charge in [0.25, 0.3) is 0 Å². The van der Waals surface area contributed by atoms with Crippen molar-refractivity contribution in [3.63, 3.8) is 0 Å². The third kappa shape index (κ3) is 2.86. The lowest BCUT2D eigenvalue weighted by molar-refractivity contribution is 0.0697. The van der Waals surface area contributed by atoms with Gasteiger partial charge < -0.3 is 5.11 Å². The molecule has 0 aromatic heterocycles. The van der Waals surface area contributed by atoms with Crippen LogP contribution < -0.4 is 0 Å². The van der Waals surface area contributed by atoms with Gasteiger partial charge in [0, 0.05) is 0 Å². The summed E-state index contributed by atoms with van der Waals surface area (Å²) in [7, 11) is 0. The summed E-state index contributed by atoms with van der Waals surface area (Å²) in [5, 5.41) is 9.08. The highest BCUT2D eigenvalue weighted by Gasteiger charge is 2.33. The first kappa shape index (κ1) is 15.3. The van der Waals surface area contributed by atoms with Crippen molar-refractivity contribution in [2.45, 2.75) is 4.87 Å². The zero-order valence-corrected chi connectivity index (χ0v) is 13.1. The van der Waals surface area contributed by atoms with Crippen molar-refractivity contribution in [1.82, 2.24) is 0 Å². The molecule has 0 unspecified atom stereocenters. The van der Waals surface area contributed by atoms with Crippen LogP contribution in [0.5, 0.6) is 0 Å². The zero-order chi connectivity index (χ0) is 16.3. The number of aromatic carboxylic acids is 1. The summed E-state index contributed by atoms with van der Waals surface area (Å²) in [4.78, 5) is 10.2. The van der Waals surface area contributed by atoms with Gasteiger partial charge >= 0.3 is 5.97 Å². The number of hydrogen-bond donors (Lipinski definition) is 1. The van der Waals surface area contributed by atoms with Crippen molar-refractivity contribution in [2.75, 3.05) is 0 Å². The maximum Gasteiger partial charge on any atom is 0.335 e. The van der Waals surface area contributed by atoms with E-state index in [2.05, 4.69) is 0 Å². The maximum atomic E-state index is 11.1. The summed E-state index contributed by atoms with van der Waals surface area (Å²) in [5.41, 5.74) is 2.96. The first-order valence-electron chi connectivity index (χ1n) is 7.26. The molecule has 3 rings (SSSR count). The Morgan fingerprint density at radius 3 is 1.48 bits per heavy atom. The number of carboxylic acids is 1. The largest absolute Gasteiger partial charge is 0.478 e. The molecule has 1 N–H and O–H groups in total. The molecule has 0 aliphatic heterocycles. The quantitative estimate of drug-likeness (QED) is 0.547. The van der Waals surface area contributed by atoms with Gasteiger partial charge in [-0.3, -0.25) is 0 Å². The van der Waals surface area contributed by atoms with Crippen LogP contribution in [0.1, 0.15) is 27.0 Å². The normalized spacial score (nSPS) is 11.2. The predicted octanol–water partition coefficient (Wildman–Crippen LogP) is 4.92. The standard InChI is InChI=1S/C20H15ClO2/c21-20(16-7-3-1-4-8-16,17-9-5-2-6-10-17)18-13-11-15(12-14-18)19(22)23/h1-14H,(H,22,23). The van der Waals surface area contributed by atoms with Crippen LogP contribution in [0, 0.1) is 0 Å². The average molecular weight is 323 g/mol. The third-order valence-corrected chi connectivity index (χ3v) is 4.53. The zero-order valence-electron chi connectivity index (χ0n) is 12.3. The molecule has 23 heavy (non-hydrogen) atoms. The van der Waals surface area contributed by atoms with Gasteiger partial charge in [-0.15, -0.1) is 11.6 Å². The molecule has 2 nitrogen and oxygen atoms in total. The SMILES string of the molecule is O=C(O)c1ccc(C(Cl)(c2ccccc2)c2ccccc2)cc1. The molecule has 0 heterocycles. The minimum absolute atomic E-state index is 0.244. The van der Waals surface area contributed by atoms with Crippen molar-refractivity contribution in [3.8, 4) is 0 Å². The fraction of sp³-hybridized carbons (Fsp3) is 0.0500. The Morgan fingerprint density at radius 2 is 1.09 bits per heavy atom. The lowest BCUT2D eigenvalue weighted by atomic mass is 9.84. The molecule has 0 fully saturated rings. The van der Waals surface area contributed by atoms with Gasteiger partial charge in [0.2, 0.25) is 0 Å². The first-order chi connectivity index (χ1) is 11.1. The Kier molecular flexibility index (Phi) is 4.18. The molecule has 3 aromatic rings. The number of rotatable bonds is 4. The van der Waals surface area contributed by atoms with Crippen LogP contribution >= 0.6 is 11.6 Å².